The van der Waals surface area contributed by atoms with Crippen LogP contribution in [0.5, 0.6) is 0 Å². The van der Waals surface area contributed by atoms with Crippen LogP contribution in [0.15, 0.2) is 12.1 Å². The quantitative estimate of drug-likeness (QED) is 0.565. The van der Waals surface area contributed by atoms with Gasteiger partial charge in [-0.05, 0) is 20.3 Å². The highest BCUT2D eigenvalue weighted by molar-refractivity contribution is 5.88. The predicted octanol–water partition coefficient (Wildman–Crippen LogP) is 1.46. The fourth-order valence-corrected chi connectivity index (χ4v) is 2.64. The van der Waals surface area contributed by atoms with E-state index in [1.807, 2.05) is 6.07 Å². The van der Waals surface area contributed by atoms with Crippen molar-refractivity contribution >= 4 is 23.3 Å². The number of rotatable bonds is 7. The fourth-order valence-electron chi connectivity index (χ4n) is 2.64. The van der Waals surface area contributed by atoms with Crippen LogP contribution in [-0.4, -0.2) is 59.5 Å². The van der Waals surface area contributed by atoms with Gasteiger partial charge in [-0.1, -0.05) is 6.92 Å². The molecule has 1 atom stereocenters. The first-order chi connectivity index (χ1) is 12.6. The van der Waals surface area contributed by atoms with Crippen molar-refractivity contribution in [3.8, 4) is 0 Å². The maximum absolute atomic E-state index is 12.1. The second-order valence-corrected chi connectivity index (χ2v) is 6.20. The summed E-state index contributed by atoms with van der Waals surface area (Å²) in [5.74, 6) is 1.09. The van der Waals surface area contributed by atoms with Gasteiger partial charge < -0.3 is 19.8 Å². The lowest BCUT2D eigenvalue weighted by atomic mass is 10.3. The van der Waals surface area contributed by atoms with Crippen LogP contribution in [0.4, 0.5) is 11.6 Å². The molecular formula is C17H26N6O3. The third kappa shape index (κ3) is 4.05. The Labute approximate surface area is 152 Å². The zero-order chi connectivity index (χ0) is 18.5. The summed E-state index contributed by atoms with van der Waals surface area (Å²) < 4.78 is 12.2. The molecule has 2 aromatic heterocycles. The van der Waals surface area contributed by atoms with Gasteiger partial charge in [-0.15, -0.1) is 0 Å². The second kappa shape index (κ2) is 8.33. The first-order valence-corrected chi connectivity index (χ1v) is 9.04. The predicted molar refractivity (Wildman–Crippen MR) is 98.5 cm³/mol. The third-order valence-electron chi connectivity index (χ3n) is 4.29. The lowest BCUT2D eigenvalue weighted by molar-refractivity contribution is 0.0519. The molecule has 0 aliphatic carbocycles. The van der Waals surface area contributed by atoms with Crippen molar-refractivity contribution in [2.75, 3.05) is 43.2 Å². The summed E-state index contributed by atoms with van der Waals surface area (Å²) in [6, 6.07) is 3.88. The average molecular weight is 362 g/mol. The maximum Gasteiger partial charge on any atom is 0.358 e. The number of hydrazine groups is 1. The van der Waals surface area contributed by atoms with E-state index in [4.69, 9.17) is 9.47 Å². The zero-order valence-corrected chi connectivity index (χ0v) is 15.5. The molecule has 0 aromatic carbocycles. The van der Waals surface area contributed by atoms with E-state index in [9.17, 15) is 4.79 Å². The van der Waals surface area contributed by atoms with Crippen LogP contribution in [0.1, 0.15) is 37.7 Å². The number of fused-ring (bicyclic) bond motifs is 1. The molecule has 1 aliphatic rings. The van der Waals surface area contributed by atoms with Crippen LogP contribution in [0.25, 0.3) is 5.65 Å². The van der Waals surface area contributed by atoms with Gasteiger partial charge in [-0.25, -0.2) is 15.2 Å². The number of esters is 1. The molecule has 2 aromatic rings. The van der Waals surface area contributed by atoms with E-state index in [0.717, 1.165) is 25.3 Å². The topological polar surface area (TPSA) is 93.0 Å². The Morgan fingerprint density at radius 2 is 2.12 bits per heavy atom. The summed E-state index contributed by atoms with van der Waals surface area (Å²) >= 11 is 0. The lowest BCUT2D eigenvalue weighted by Gasteiger charge is -2.29. The molecule has 3 rings (SSSR count). The van der Waals surface area contributed by atoms with Crippen molar-refractivity contribution in [2.24, 2.45) is 0 Å². The fraction of sp³-hybridized carbons (Fsp3) is 0.588. The third-order valence-corrected chi connectivity index (χ3v) is 4.29. The Morgan fingerprint density at radius 3 is 2.81 bits per heavy atom. The molecule has 1 aliphatic heterocycles. The average Bonchev–Trinajstić information content (AvgIpc) is 3.10. The number of nitrogens with one attached hydrogen (secondary N) is 2. The number of carbonyl (C=O) groups is 1. The van der Waals surface area contributed by atoms with E-state index in [-0.39, 0.29) is 5.69 Å². The highest BCUT2D eigenvalue weighted by atomic mass is 16.5. The Hall–Kier alpha value is -2.39. The van der Waals surface area contributed by atoms with Crippen LogP contribution in [0.3, 0.4) is 0 Å². The van der Waals surface area contributed by atoms with Gasteiger partial charge in [0.25, 0.3) is 0 Å². The van der Waals surface area contributed by atoms with Crippen LogP contribution in [0, 0.1) is 0 Å². The Morgan fingerprint density at radius 1 is 1.35 bits per heavy atom. The number of nitrogens with zero attached hydrogens (tertiary/aromatic N) is 4. The van der Waals surface area contributed by atoms with Crippen molar-refractivity contribution in [3.05, 3.63) is 17.8 Å². The summed E-state index contributed by atoms with van der Waals surface area (Å²) in [4.78, 5) is 18.8. The molecule has 1 saturated heterocycles. The van der Waals surface area contributed by atoms with E-state index in [0.29, 0.717) is 37.3 Å². The Kier molecular flexibility index (Phi) is 5.89. The van der Waals surface area contributed by atoms with E-state index in [1.54, 1.807) is 17.5 Å². The summed E-state index contributed by atoms with van der Waals surface area (Å²) in [7, 11) is 0. The second-order valence-electron chi connectivity index (χ2n) is 6.20. The number of hydrogen-bond donors (Lipinski definition) is 2. The van der Waals surface area contributed by atoms with Gasteiger partial charge in [0.05, 0.1) is 19.8 Å². The van der Waals surface area contributed by atoms with Crippen molar-refractivity contribution in [2.45, 2.75) is 33.2 Å². The number of aromatic nitrogens is 3. The molecule has 2 N–H and O–H groups in total. The minimum Gasteiger partial charge on any atom is -0.461 e. The minimum atomic E-state index is -0.446. The van der Waals surface area contributed by atoms with E-state index < -0.39 is 5.97 Å². The van der Waals surface area contributed by atoms with Gasteiger partial charge in [0.15, 0.2) is 11.3 Å². The first kappa shape index (κ1) is 18.4. The number of ether oxygens (including phenoxy) is 2. The van der Waals surface area contributed by atoms with E-state index in [1.165, 1.54) is 0 Å². The normalized spacial score (nSPS) is 15.9. The number of morpholine rings is 1. The van der Waals surface area contributed by atoms with Gasteiger partial charge in [-0.2, -0.15) is 9.61 Å². The molecule has 0 saturated carbocycles. The summed E-state index contributed by atoms with van der Waals surface area (Å²) in [6.07, 6.45) is 0.991. The smallest absolute Gasteiger partial charge is 0.358 e. The Bertz CT molecular complexity index is 756. The highest BCUT2D eigenvalue weighted by Gasteiger charge is 2.20. The number of carbonyl (C=O) groups excluding carboxylic acids is 1. The highest BCUT2D eigenvalue weighted by Crippen LogP contribution is 2.22. The van der Waals surface area contributed by atoms with Gasteiger partial charge in [0.2, 0.25) is 0 Å². The lowest BCUT2D eigenvalue weighted by Crippen LogP contribution is -2.38. The molecule has 142 valence electrons. The standard InChI is InChI=1S/C17H26N6O3/c1-4-12(3)19-20-14-11-16(22-6-8-25-9-7-22)23-15(18-14)10-13(21-23)17(24)26-5-2/h10-12,19H,4-9H2,1-3H3,(H,18,20). The van der Waals surface area contributed by atoms with Crippen LogP contribution < -0.4 is 15.8 Å². The first-order valence-electron chi connectivity index (χ1n) is 9.04. The molecule has 0 bridgehead atoms. The van der Waals surface area contributed by atoms with Crippen LogP contribution in [-0.2, 0) is 9.47 Å². The molecule has 0 amide bonds. The SMILES string of the molecule is CCOC(=O)c1cc2nc(NNC(C)CC)cc(N3CCOCC3)n2n1. The van der Waals surface area contributed by atoms with Crippen LogP contribution in [0.2, 0.25) is 0 Å². The maximum atomic E-state index is 12.1. The van der Waals surface area contributed by atoms with E-state index in [2.05, 4.69) is 39.7 Å². The van der Waals surface area contributed by atoms with Crippen LogP contribution >= 0.6 is 0 Å². The molecular weight excluding hydrogens is 336 g/mol. The van der Waals surface area contributed by atoms with E-state index >= 15 is 0 Å². The molecule has 0 radical (unpaired) electrons. The van der Waals surface area contributed by atoms with Crippen molar-refractivity contribution in [3.63, 3.8) is 0 Å². The molecule has 3 heterocycles. The zero-order valence-electron chi connectivity index (χ0n) is 15.5. The molecule has 26 heavy (non-hydrogen) atoms. The molecule has 9 heteroatoms. The van der Waals surface area contributed by atoms with Crippen molar-refractivity contribution < 1.29 is 14.3 Å². The molecule has 9 nitrogen and oxygen atoms in total. The molecule has 0 spiro atoms. The molecule has 1 fully saturated rings. The number of anilines is 2. The summed E-state index contributed by atoms with van der Waals surface area (Å²) in [5.41, 5.74) is 7.21. The van der Waals surface area contributed by atoms with Gasteiger partial charge in [-0.3, -0.25) is 0 Å². The summed E-state index contributed by atoms with van der Waals surface area (Å²) in [5, 5.41) is 4.41. The van der Waals surface area contributed by atoms with Crippen molar-refractivity contribution in [1.29, 1.82) is 0 Å². The largest absolute Gasteiger partial charge is 0.461 e. The van der Waals surface area contributed by atoms with Gasteiger partial charge >= 0.3 is 5.97 Å². The number of hydrogen-bond acceptors (Lipinski definition) is 8. The molecule has 1 unspecified atom stereocenters. The van der Waals surface area contributed by atoms with Gasteiger partial charge in [0.1, 0.15) is 11.6 Å². The Balaban J connectivity index is 1.97. The van der Waals surface area contributed by atoms with Crippen molar-refractivity contribution in [1.82, 2.24) is 20.0 Å². The minimum absolute atomic E-state index is 0.251. The summed E-state index contributed by atoms with van der Waals surface area (Å²) in [6.45, 7) is 9.10. The monoisotopic (exact) mass is 362 g/mol. The van der Waals surface area contributed by atoms with Gasteiger partial charge in [0, 0.05) is 31.3 Å².